The Labute approximate surface area is 99.6 Å². The normalized spacial score (nSPS) is 11.5. The van der Waals surface area contributed by atoms with Crippen LogP contribution in [0.5, 0.6) is 17.2 Å². The van der Waals surface area contributed by atoms with Crippen molar-refractivity contribution in [2.75, 3.05) is 20.9 Å². The summed E-state index contributed by atoms with van der Waals surface area (Å²) in [6.07, 6.45) is 0. The molecule has 1 rings (SSSR count). The first-order valence-electron chi connectivity index (χ1n) is 4.40. The van der Waals surface area contributed by atoms with Gasteiger partial charge in [0.15, 0.2) is 11.5 Å². The van der Waals surface area contributed by atoms with Gasteiger partial charge in [0.05, 0.1) is 20.3 Å². The van der Waals surface area contributed by atoms with Gasteiger partial charge < -0.3 is 20.3 Å². The molecule has 3 N–H and O–H groups in total. The Morgan fingerprint density at radius 3 is 2.06 bits per heavy atom. The second kappa shape index (κ2) is 6.40. The van der Waals surface area contributed by atoms with E-state index in [1.165, 1.54) is 26.4 Å². The maximum atomic E-state index is 12.4. The molecule has 0 saturated heterocycles. The highest BCUT2D eigenvalue weighted by Crippen LogP contribution is 2.38. The topological polar surface area (TPSA) is 64.7 Å². The second-order valence-corrected chi connectivity index (χ2v) is 3.03. The zero-order chi connectivity index (χ0) is 11.4. The summed E-state index contributed by atoms with van der Waals surface area (Å²) in [4.78, 5) is 0. The summed E-state index contributed by atoms with van der Waals surface area (Å²) in [5, 5.41) is 9.58. The fraction of sp³-hybridized carbons (Fsp3) is 0.400. The molecule has 0 amide bonds. The van der Waals surface area contributed by atoms with Crippen LogP contribution in [0.4, 0.5) is 4.39 Å². The van der Waals surface area contributed by atoms with E-state index in [0.29, 0.717) is 5.56 Å². The van der Waals surface area contributed by atoms with Crippen LogP contribution in [-0.2, 0) is 0 Å². The molecule has 0 fully saturated rings. The van der Waals surface area contributed by atoms with Crippen molar-refractivity contribution >= 4 is 12.4 Å². The van der Waals surface area contributed by atoms with Crippen LogP contribution in [0.15, 0.2) is 12.1 Å². The van der Waals surface area contributed by atoms with E-state index in [1.54, 1.807) is 0 Å². The zero-order valence-electron chi connectivity index (χ0n) is 9.07. The molecule has 0 aliphatic heterocycles. The summed E-state index contributed by atoms with van der Waals surface area (Å²) in [5.74, 6) is 0.316. The van der Waals surface area contributed by atoms with Crippen LogP contribution in [-0.4, -0.2) is 26.0 Å². The molecule has 1 aromatic rings. The van der Waals surface area contributed by atoms with Gasteiger partial charge >= 0.3 is 0 Å². The van der Waals surface area contributed by atoms with Crippen LogP contribution in [0.2, 0.25) is 0 Å². The minimum absolute atomic E-state index is 0. The molecule has 0 spiro atoms. The van der Waals surface area contributed by atoms with Crippen molar-refractivity contribution in [1.29, 1.82) is 0 Å². The fourth-order valence-corrected chi connectivity index (χ4v) is 1.22. The minimum Gasteiger partial charge on any atom is -0.502 e. The number of rotatable bonds is 4. The SMILES string of the molecule is COc1cc([C@@H](N)CF)cc(OC)c1O.Cl. The summed E-state index contributed by atoms with van der Waals surface area (Å²) >= 11 is 0. The molecule has 0 radical (unpaired) electrons. The molecule has 0 aliphatic rings. The van der Waals surface area contributed by atoms with Crippen molar-refractivity contribution in [1.82, 2.24) is 0 Å². The number of nitrogens with two attached hydrogens (primary N) is 1. The number of hydrogen-bond acceptors (Lipinski definition) is 4. The highest BCUT2D eigenvalue weighted by Gasteiger charge is 2.14. The summed E-state index contributed by atoms with van der Waals surface area (Å²) in [7, 11) is 2.80. The number of benzene rings is 1. The Balaban J connectivity index is 0.00000225. The maximum absolute atomic E-state index is 12.4. The van der Waals surface area contributed by atoms with Gasteiger partial charge in [-0.25, -0.2) is 4.39 Å². The van der Waals surface area contributed by atoms with Crippen LogP contribution < -0.4 is 15.2 Å². The molecule has 92 valence electrons. The number of phenolic OH excluding ortho intramolecular Hbond substituents is 1. The predicted octanol–water partition coefficient (Wildman–Crippen LogP) is 1.80. The van der Waals surface area contributed by atoms with Gasteiger partial charge in [-0.3, -0.25) is 0 Å². The van der Waals surface area contributed by atoms with E-state index in [2.05, 4.69) is 0 Å². The maximum Gasteiger partial charge on any atom is 0.200 e. The molecular weight excluding hydrogens is 237 g/mol. The van der Waals surface area contributed by atoms with Crippen molar-refractivity contribution in [3.8, 4) is 17.2 Å². The molecule has 1 aromatic carbocycles. The summed E-state index contributed by atoms with van der Waals surface area (Å²) in [6.45, 7) is -0.683. The van der Waals surface area contributed by atoms with E-state index in [9.17, 15) is 9.50 Å². The second-order valence-electron chi connectivity index (χ2n) is 3.03. The van der Waals surface area contributed by atoms with Gasteiger partial charge in [-0.2, -0.15) is 0 Å². The van der Waals surface area contributed by atoms with Crippen molar-refractivity contribution in [3.63, 3.8) is 0 Å². The number of halogens is 2. The van der Waals surface area contributed by atoms with Crippen LogP contribution in [0.25, 0.3) is 0 Å². The van der Waals surface area contributed by atoms with Crippen molar-refractivity contribution in [2.45, 2.75) is 6.04 Å². The Kier molecular flexibility index (Phi) is 5.92. The van der Waals surface area contributed by atoms with E-state index in [0.717, 1.165) is 0 Å². The highest BCUT2D eigenvalue weighted by molar-refractivity contribution is 5.85. The van der Waals surface area contributed by atoms with E-state index >= 15 is 0 Å². The molecule has 16 heavy (non-hydrogen) atoms. The first-order chi connectivity index (χ1) is 7.13. The Morgan fingerprint density at radius 2 is 1.75 bits per heavy atom. The molecule has 0 bridgehead atoms. The quantitative estimate of drug-likeness (QED) is 0.857. The van der Waals surface area contributed by atoms with Crippen molar-refractivity contribution in [3.05, 3.63) is 17.7 Å². The largest absolute Gasteiger partial charge is 0.502 e. The third-order valence-electron chi connectivity index (χ3n) is 2.10. The van der Waals surface area contributed by atoms with Gasteiger partial charge in [0, 0.05) is 0 Å². The van der Waals surface area contributed by atoms with Gasteiger partial charge in [-0.15, -0.1) is 12.4 Å². The minimum atomic E-state index is -0.742. The van der Waals surface area contributed by atoms with Crippen molar-refractivity contribution in [2.24, 2.45) is 5.73 Å². The predicted molar refractivity (Wildman–Crippen MR) is 61.4 cm³/mol. The number of phenols is 1. The monoisotopic (exact) mass is 251 g/mol. The third-order valence-corrected chi connectivity index (χ3v) is 2.10. The van der Waals surface area contributed by atoms with Gasteiger partial charge in [-0.05, 0) is 17.7 Å². The first kappa shape index (κ1) is 14.8. The molecule has 0 heterocycles. The lowest BCUT2D eigenvalue weighted by atomic mass is 10.1. The highest BCUT2D eigenvalue weighted by atomic mass is 35.5. The van der Waals surface area contributed by atoms with E-state index in [-0.39, 0.29) is 29.7 Å². The number of hydrogen-bond donors (Lipinski definition) is 2. The first-order valence-corrected chi connectivity index (χ1v) is 4.40. The molecule has 1 atom stereocenters. The molecule has 6 heteroatoms. The molecule has 0 aromatic heterocycles. The van der Waals surface area contributed by atoms with Gasteiger partial charge in [-0.1, -0.05) is 0 Å². The number of aromatic hydroxyl groups is 1. The van der Waals surface area contributed by atoms with Crippen LogP contribution in [0, 0.1) is 0 Å². The van der Waals surface area contributed by atoms with Gasteiger partial charge in [0.25, 0.3) is 0 Å². The fourth-order valence-electron chi connectivity index (χ4n) is 1.22. The Hall–Kier alpha value is -1.20. The lowest BCUT2D eigenvalue weighted by Crippen LogP contribution is -2.12. The van der Waals surface area contributed by atoms with E-state index in [1.807, 2.05) is 0 Å². The lowest BCUT2D eigenvalue weighted by Gasteiger charge is -2.13. The lowest BCUT2D eigenvalue weighted by molar-refractivity contribution is 0.337. The molecule has 0 saturated carbocycles. The average Bonchev–Trinajstić information content (AvgIpc) is 2.28. The number of methoxy groups -OCH3 is 2. The molecule has 4 nitrogen and oxygen atoms in total. The summed E-state index contributed by atoms with van der Waals surface area (Å²) in [5.41, 5.74) is 6.04. The zero-order valence-corrected chi connectivity index (χ0v) is 9.88. The third kappa shape index (κ3) is 2.90. The molecular formula is C10H15ClFNO3. The average molecular weight is 252 g/mol. The van der Waals surface area contributed by atoms with Gasteiger partial charge in [0.2, 0.25) is 5.75 Å². The van der Waals surface area contributed by atoms with Crippen LogP contribution in [0.3, 0.4) is 0 Å². The molecule has 0 aliphatic carbocycles. The smallest absolute Gasteiger partial charge is 0.200 e. The van der Waals surface area contributed by atoms with E-state index in [4.69, 9.17) is 15.2 Å². The number of alkyl halides is 1. The van der Waals surface area contributed by atoms with Crippen LogP contribution >= 0.6 is 12.4 Å². The van der Waals surface area contributed by atoms with E-state index < -0.39 is 12.7 Å². The standard InChI is InChI=1S/C10H14FNO3.ClH/c1-14-8-3-6(7(12)5-11)4-9(15-2)10(8)13;/h3-4,7,13H,5,12H2,1-2H3;1H/t7-;/m0./s1. The van der Waals surface area contributed by atoms with Crippen LogP contribution in [0.1, 0.15) is 11.6 Å². The van der Waals surface area contributed by atoms with Gasteiger partial charge in [0.1, 0.15) is 6.67 Å². The molecule has 0 unspecified atom stereocenters. The Morgan fingerprint density at radius 1 is 1.31 bits per heavy atom. The number of ether oxygens (including phenoxy) is 2. The Bertz CT molecular complexity index is 324. The summed E-state index contributed by atoms with van der Waals surface area (Å²) < 4.78 is 22.2. The summed E-state index contributed by atoms with van der Waals surface area (Å²) in [6, 6.07) is 2.23. The van der Waals surface area contributed by atoms with Crippen molar-refractivity contribution < 1.29 is 19.0 Å².